The molecule has 0 aliphatic heterocycles. The quantitative estimate of drug-likeness (QED) is 0.680. The molecule has 0 aromatic heterocycles. The lowest BCUT2D eigenvalue weighted by atomic mass is 10.1. The van der Waals surface area contributed by atoms with E-state index < -0.39 is 11.0 Å². The summed E-state index contributed by atoms with van der Waals surface area (Å²) in [5.74, 6) is 0.741. The lowest BCUT2D eigenvalue weighted by Gasteiger charge is -2.11. The molecule has 0 saturated carbocycles. The number of aliphatic hydroxyl groups is 1. The molecule has 5 heteroatoms. The predicted molar refractivity (Wildman–Crippen MR) is 79.7 cm³/mol. The van der Waals surface area contributed by atoms with Crippen LogP contribution in [0.4, 0.5) is 5.69 Å². The van der Waals surface area contributed by atoms with Crippen molar-refractivity contribution in [3.63, 3.8) is 0 Å². The van der Waals surface area contributed by atoms with Crippen LogP contribution in [-0.4, -0.2) is 10.0 Å². The van der Waals surface area contributed by atoms with Gasteiger partial charge in [-0.05, 0) is 44.0 Å². The van der Waals surface area contributed by atoms with Crippen LogP contribution in [0.5, 0.6) is 11.5 Å². The third-order valence-electron chi connectivity index (χ3n) is 3.21. The highest BCUT2D eigenvalue weighted by molar-refractivity contribution is 5.52. The number of aliphatic hydroxyl groups excluding tert-OH is 1. The summed E-state index contributed by atoms with van der Waals surface area (Å²) in [4.78, 5) is 10.7. The van der Waals surface area contributed by atoms with Gasteiger partial charge in [-0.1, -0.05) is 23.8 Å². The van der Waals surface area contributed by atoms with Crippen LogP contribution in [0, 0.1) is 24.0 Å². The van der Waals surface area contributed by atoms with Gasteiger partial charge in [0.2, 0.25) is 5.75 Å². The topological polar surface area (TPSA) is 72.6 Å². The number of hydrogen-bond donors (Lipinski definition) is 1. The number of rotatable bonds is 4. The Hall–Kier alpha value is -2.40. The minimum atomic E-state index is -0.765. The Kier molecular flexibility index (Phi) is 4.23. The summed E-state index contributed by atoms with van der Waals surface area (Å²) in [5, 5.41) is 20.7. The minimum absolute atomic E-state index is 0.159. The number of benzene rings is 2. The zero-order chi connectivity index (χ0) is 15.6. The molecule has 2 aromatic carbocycles. The second-order valence-electron chi connectivity index (χ2n) is 5.03. The second kappa shape index (κ2) is 5.93. The summed E-state index contributed by atoms with van der Waals surface area (Å²) in [7, 11) is 0. The molecule has 0 heterocycles. The fraction of sp³-hybridized carbons (Fsp3) is 0.250. The smallest absolute Gasteiger partial charge is 0.311 e. The molecule has 2 rings (SSSR count). The first-order chi connectivity index (χ1) is 9.88. The second-order valence-corrected chi connectivity index (χ2v) is 5.03. The van der Waals surface area contributed by atoms with Crippen LogP contribution < -0.4 is 4.74 Å². The van der Waals surface area contributed by atoms with E-state index in [1.165, 1.54) is 12.1 Å². The highest BCUT2D eigenvalue weighted by Crippen LogP contribution is 2.34. The SMILES string of the molecule is Cc1ccc(Oc2ccc([C@H](C)O)cc2[N+](=O)[O-])c(C)c1. The van der Waals surface area contributed by atoms with Gasteiger partial charge in [0.1, 0.15) is 5.75 Å². The average Bonchev–Trinajstić information content (AvgIpc) is 2.41. The van der Waals surface area contributed by atoms with Crippen molar-refractivity contribution in [3.8, 4) is 11.5 Å². The van der Waals surface area contributed by atoms with E-state index in [0.29, 0.717) is 11.3 Å². The Morgan fingerprint density at radius 2 is 1.81 bits per heavy atom. The van der Waals surface area contributed by atoms with E-state index in [9.17, 15) is 15.2 Å². The van der Waals surface area contributed by atoms with Crippen molar-refractivity contribution in [2.75, 3.05) is 0 Å². The standard InChI is InChI=1S/C16H17NO4/c1-10-4-6-15(11(2)8-10)21-16-7-5-13(12(3)18)9-14(16)17(19)20/h4-9,12,18H,1-3H3/t12-/m0/s1. The lowest BCUT2D eigenvalue weighted by molar-refractivity contribution is -0.385. The Labute approximate surface area is 123 Å². The van der Waals surface area contributed by atoms with Crippen molar-refractivity contribution in [2.24, 2.45) is 0 Å². The van der Waals surface area contributed by atoms with Gasteiger partial charge in [-0.3, -0.25) is 10.1 Å². The normalized spacial score (nSPS) is 12.0. The summed E-state index contributed by atoms with van der Waals surface area (Å²) in [5.41, 5.74) is 2.32. The van der Waals surface area contributed by atoms with Gasteiger partial charge in [-0.25, -0.2) is 0 Å². The van der Waals surface area contributed by atoms with Crippen LogP contribution in [-0.2, 0) is 0 Å². The summed E-state index contributed by atoms with van der Waals surface area (Å²) >= 11 is 0. The van der Waals surface area contributed by atoms with E-state index in [1.54, 1.807) is 19.1 Å². The molecule has 0 bridgehead atoms. The van der Waals surface area contributed by atoms with Crippen molar-refractivity contribution in [1.29, 1.82) is 0 Å². The fourth-order valence-electron chi connectivity index (χ4n) is 2.06. The highest BCUT2D eigenvalue weighted by atomic mass is 16.6. The number of hydrogen-bond acceptors (Lipinski definition) is 4. The fourth-order valence-corrected chi connectivity index (χ4v) is 2.06. The van der Waals surface area contributed by atoms with Gasteiger partial charge in [0.15, 0.2) is 0 Å². The number of nitro groups is 1. The first-order valence-electron chi connectivity index (χ1n) is 6.60. The van der Waals surface area contributed by atoms with Gasteiger partial charge in [-0.2, -0.15) is 0 Å². The molecular weight excluding hydrogens is 270 g/mol. The molecule has 2 aromatic rings. The zero-order valence-corrected chi connectivity index (χ0v) is 12.2. The van der Waals surface area contributed by atoms with Crippen LogP contribution in [0.2, 0.25) is 0 Å². The van der Waals surface area contributed by atoms with Crippen LogP contribution in [0.1, 0.15) is 29.7 Å². The van der Waals surface area contributed by atoms with Crippen molar-refractivity contribution >= 4 is 5.69 Å². The van der Waals surface area contributed by atoms with E-state index in [1.807, 2.05) is 26.0 Å². The van der Waals surface area contributed by atoms with Crippen molar-refractivity contribution in [1.82, 2.24) is 0 Å². The van der Waals surface area contributed by atoms with Crippen LogP contribution in [0.15, 0.2) is 36.4 Å². The number of ether oxygens (including phenoxy) is 1. The molecule has 0 unspecified atom stereocenters. The van der Waals surface area contributed by atoms with Gasteiger partial charge in [-0.15, -0.1) is 0 Å². The molecule has 0 aliphatic carbocycles. The Morgan fingerprint density at radius 3 is 2.38 bits per heavy atom. The Balaban J connectivity index is 2.41. The lowest BCUT2D eigenvalue weighted by Crippen LogP contribution is -1.98. The summed E-state index contributed by atoms with van der Waals surface area (Å²) < 4.78 is 5.67. The maximum absolute atomic E-state index is 11.2. The zero-order valence-electron chi connectivity index (χ0n) is 12.2. The molecule has 0 fully saturated rings. The van der Waals surface area contributed by atoms with Gasteiger partial charge < -0.3 is 9.84 Å². The summed E-state index contributed by atoms with van der Waals surface area (Å²) in [6.07, 6.45) is -0.765. The molecular formula is C16H17NO4. The Bertz CT molecular complexity index is 680. The molecule has 0 saturated heterocycles. The number of nitrogens with zero attached hydrogens (tertiary/aromatic N) is 1. The van der Waals surface area contributed by atoms with Crippen molar-refractivity contribution < 1.29 is 14.8 Å². The number of nitro benzene ring substituents is 1. The van der Waals surface area contributed by atoms with Crippen LogP contribution in [0.25, 0.3) is 0 Å². The first kappa shape index (κ1) is 15.0. The molecule has 0 amide bonds. The molecule has 1 atom stereocenters. The van der Waals surface area contributed by atoms with E-state index in [-0.39, 0.29) is 11.4 Å². The van der Waals surface area contributed by atoms with Gasteiger partial charge in [0, 0.05) is 6.07 Å². The van der Waals surface area contributed by atoms with E-state index in [0.717, 1.165) is 11.1 Å². The van der Waals surface area contributed by atoms with Crippen LogP contribution >= 0.6 is 0 Å². The molecule has 0 spiro atoms. The summed E-state index contributed by atoms with van der Waals surface area (Å²) in [6, 6.07) is 10.1. The van der Waals surface area contributed by atoms with Crippen molar-refractivity contribution in [3.05, 3.63) is 63.2 Å². The highest BCUT2D eigenvalue weighted by Gasteiger charge is 2.18. The van der Waals surface area contributed by atoms with E-state index in [2.05, 4.69) is 0 Å². The maximum atomic E-state index is 11.2. The predicted octanol–water partition coefficient (Wildman–Crippen LogP) is 4.06. The molecule has 5 nitrogen and oxygen atoms in total. The average molecular weight is 287 g/mol. The summed E-state index contributed by atoms with van der Waals surface area (Å²) in [6.45, 7) is 5.42. The molecule has 1 N–H and O–H groups in total. The van der Waals surface area contributed by atoms with Gasteiger partial charge in [0.05, 0.1) is 11.0 Å². The first-order valence-corrected chi connectivity index (χ1v) is 6.60. The number of aryl methyl sites for hydroxylation is 2. The maximum Gasteiger partial charge on any atom is 0.311 e. The van der Waals surface area contributed by atoms with E-state index in [4.69, 9.17) is 4.74 Å². The monoisotopic (exact) mass is 287 g/mol. The van der Waals surface area contributed by atoms with Crippen molar-refractivity contribution in [2.45, 2.75) is 26.9 Å². The Morgan fingerprint density at radius 1 is 1.14 bits per heavy atom. The molecule has 21 heavy (non-hydrogen) atoms. The van der Waals surface area contributed by atoms with E-state index >= 15 is 0 Å². The van der Waals surface area contributed by atoms with Crippen LogP contribution in [0.3, 0.4) is 0 Å². The third kappa shape index (κ3) is 3.38. The molecule has 0 aliphatic rings. The minimum Gasteiger partial charge on any atom is -0.450 e. The van der Waals surface area contributed by atoms with Gasteiger partial charge in [0.25, 0.3) is 0 Å². The third-order valence-corrected chi connectivity index (χ3v) is 3.21. The molecule has 0 radical (unpaired) electrons. The largest absolute Gasteiger partial charge is 0.450 e. The molecule has 110 valence electrons. The van der Waals surface area contributed by atoms with Gasteiger partial charge >= 0.3 is 5.69 Å².